The fourth-order valence-corrected chi connectivity index (χ4v) is 4.03. The van der Waals surface area contributed by atoms with Gasteiger partial charge >= 0.3 is 5.97 Å². The Morgan fingerprint density at radius 1 is 0.704 bits per heavy atom. The van der Waals surface area contributed by atoms with Gasteiger partial charge in [0.2, 0.25) is 0 Å². The van der Waals surface area contributed by atoms with E-state index in [0.717, 1.165) is 50.4 Å². The van der Waals surface area contributed by atoms with Crippen LogP contribution in [0.15, 0.2) is 42.5 Å². The van der Waals surface area contributed by atoms with Crippen molar-refractivity contribution in [3.63, 3.8) is 0 Å². The molecule has 5 heteroatoms. The molecule has 2 heterocycles. The molecule has 0 bridgehead atoms. The van der Waals surface area contributed by atoms with Gasteiger partial charge in [-0.3, -0.25) is 4.79 Å². The number of nitrogens with zero attached hydrogens (tertiary/aromatic N) is 2. The highest BCUT2D eigenvalue weighted by Crippen LogP contribution is 2.26. The van der Waals surface area contributed by atoms with Gasteiger partial charge in [-0.25, -0.2) is 4.79 Å². The second-order valence-corrected chi connectivity index (χ2v) is 7.30. The number of ketones is 1. The molecule has 2 aliphatic heterocycles. The van der Waals surface area contributed by atoms with Crippen LogP contribution in [0.2, 0.25) is 0 Å². The first-order chi connectivity index (χ1) is 13.1. The summed E-state index contributed by atoms with van der Waals surface area (Å²) in [5, 5.41) is 9.64. The highest BCUT2D eigenvalue weighted by atomic mass is 16.4. The molecule has 140 valence electrons. The molecule has 2 aliphatic rings. The Bertz CT molecular complexity index is 848. The molecule has 2 saturated heterocycles. The van der Waals surface area contributed by atoms with E-state index >= 15 is 0 Å². The van der Waals surface area contributed by atoms with E-state index < -0.39 is 5.97 Å². The van der Waals surface area contributed by atoms with E-state index in [1.54, 1.807) is 24.3 Å². The Hall–Kier alpha value is -2.82. The first kappa shape index (κ1) is 17.6. The van der Waals surface area contributed by atoms with Gasteiger partial charge in [-0.05, 0) is 68.1 Å². The van der Waals surface area contributed by atoms with Crippen LogP contribution in [0.25, 0.3) is 0 Å². The summed E-state index contributed by atoms with van der Waals surface area (Å²) < 4.78 is 0. The number of carboxylic acids is 1. The van der Waals surface area contributed by atoms with Gasteiger partial charge < -0.3 is 14.9 Å². The maximum absolute atomic E-state index is 12.9. The first-order valence-corrected chi connectivity index (χ1v) is 9.65. The predicted octanol–water partition coefficient (Wildman–Crippen LogP) is 3.82. The standard InChI is InChI=1S/C22H24N2O3/c25-21(16-5-7-17(8-6-16)23-11-1-2-12-23)19-10-9-18(15-20(19)22(26)27)24-13-3-4-14-24/h5-10,15H,1-4,11-14H2,(H,26,27). The number of hydrogen-bond donors (Lipinski definition) is 1. The molecule has 0 aliphatic carbocycles. The molecule has 0 aromatic heterocycles. The van der Waals surface area contributed by atoms with Crippen LogP contribution >= 0.6 is 0 Å². The summed E-state index contributed by atoms with van der Waals surface area (Å²) in [4.78, 5) is 29.2. The van der Waals surface area contributed by atoms with Gasteiger partial charge in [0.05, 0.1) is 5.56 Å². The third kappa shape index (κ3) is 3.54. The Balaban J connectivity index is 1.61. The molecule has 0 spiro atoms. The summed E-state index contributed by atoms with van der Waals surface area (Å²) in [6, 6.07) is 12.7. The van der Waals surface area contributed by atoms with Gasteiger partial charge in [0.15, 0.2) is 5.78 Å². The van der Waals surface area contributed by atoms with Crippen LogP contribution in [0.4, 0.5) is 11.4 Å². The van der Waals surface area contributed by atoms with Crippen molar-refractivity contribution in [2.45, 2.75) is 25.7 Å². The van der Waals surface area contributed by atoms with E-state index in [9.17, 15) is 14.7 Å². The number of carbonyl (C=O) groups is 2. The number of hydrogen-bond acceptors (Lipinski definition) is 4. The maximum atomic E-state index is 12.9. The summed E-state index contributed by atoms with van der Waals surface area (Å²) in [7, 11) is 0. The van der Waals surface area contributed by atoms with Crippen LogP contribution in [-0.2, 0) is 0 Å². The zero-order valence-electron chi connectivity index (χ0n) is 15.4. The summed E-state index contributed by atoms with van der Waals surface area (Å²) >= 11 is 0. The van der Waals surface area contributed by atoms with Gasteiger partial charge in [-0.1, -0.05) is 0 Å². The molecular weight excluding hydrogens is 340 g/mol. The topological polar surface area (TPSA) is 60.9 Å². The molecule has 2 aromatic rings. The minimum absolute atomic E-state index is 0.0769. The Morgan fingerprint density at radius 3 is 1.78 bits per heavy atom. The van der Waals surface area contributed by atoms with Gasteiger partial charge in [-0.15, -0.1) is 0 Å². The van der Waals surface area contributed by atoms with Crippen LogP contribution in [0.5, 0.6) is 0 Å². The third-order valence-corrected chi connectivity index (χ3v) is 5.55. The zero-order valence-corrected chi connectivity index (χ0v) is 15.4. The fraction of sp³-hybridized carbons (Fsp3) is 0.364. The Labute approximate surface area is 159 Å². The van der Waals surface area contributed by atoms with Crippen molar-refractivity contribution in [2.75, 3.05) is 36.0 Å². The van der Waals surface area contributed by atoms with E-state index in [1.165, 1.54) is 12.8 Å². The number of anilines is 2. The molecule has 0 atom stereocenters. The minimum atomic E-state index is -1.06. The molecule has 0 unspecified atom stereocenters. The second kappa shape index (κ2) is 7.43. The molecule has 0 saturated carbocycles. The smallest absolute Gasteiger partial charge is 0.336 e. The molecule has 0 radical (unpaired) electrons. The largest absolute Gasteiger partial charge is 0.478 e. The Morgan fingerprint density at radius 2 is 1.22 bits per heavy atom. The van der Waals surface area contributed by atoms with Gasteiger partial charge in [0.1, 0.15) is 0 Å². The minimum Gasteiger partial charge on any atom is -0.478 e. The number of aromatic carboxylic acids is 1. The first-order valence-electron chi connectivity index (χ1n) is 9.65. The molecule has 2 aromatic carbocycles. The lowest BCUT2D eigenvalue weighted by molar-refractivity contribution is 0.0693. The molecule has 5 nitrogen and oxygen atoms in total. The third-order valence-electron chi connectivity index (χ3n) is 5.55. The average molecular weight is 364 g/mol. The van der Waals surface area contributed by atoms with Gasteiger partial charge in [0.25, 0.3) is 0 Å². The van der Waals surface area contributed by atoms with Crippen molar-refractivity contribution in [1.82, 2.24) is 0 Å². The summed E-state index contributed by atoms with van der Waals surface area (Å²) in [5.41, 5.74) is 2.85. The monoisotopic (exact) mass is 364 g/mol. The highest BCUT2D eigenvalue weighted by molar-refractivity contribution is 6.14. The molecule has 2 fully saturated rings. The molecule has 1 N–H and O–H groups in total. The van der Waals surface area contributed by atoms with Crippen molar-refractivity contribution < 1.29 is 14.7 Å². The van der Waals surface area contributed by atoms with E-state index in [4.69, 9.17) is 0 Å². The lowest BCUT2D eigenvalue weighted by atomic mass is 9.97. The van der Waals surface area contributed by atoms with E-state index in [2.05, 4.69) is 9.80 Å². The van der Waals surface area contributed by atoms with Crippen molar-refractivity contribution in [2.24, 2.45) is 0 Å². The van der Waals surface area contributed by atoms with E-state index in [1.807, 2.05) is 18.2 Å². The maximum Gasteiger partial charge on any atom is 0.336 e. The number of carboxylic acid groups (broad SMARTS) is 1. The summed E-state index contributed by atoms with van der Waals surface area (Å²) in [6.45, 7) is 3.97. The highest BCUT2D eigenvalue weighted by Gasteiger charge is 2.21. The average Bonchev–Trinajstić information content (AvgIpc) is 3.41. The number of carbonyl (C=O) groups excluding carboxylic acids is 1. The molecule has 0 amide bonds. The Kier molecular flexibility index (Phi) is 4.84. The zero-order chi connectivity index (χ0) is 18.8. The normalized spacial score (nSPS) is 16.7. The number of benzene rings is 2. The van der Waals surface area contributed by atoms with Crippen molar-refractivity contribution in [1.29, 1.82) is 0 Å². The SMILES string of the molecule is O=C(O)c1cc(N2CCCC2)ccc1C(=O)c1ccc(N2CCCC2)cc1. The fourth-order valence-electron chi connectivity index (χ4n) is 4.03. The van der Waals surface area contributed by atoms with Crippen LogP contribution in [-0.4, -0.2) is 43.0 Å². The van der Waals surface area contributed by atoms with Gasteiger partial charge in [-0.2, -0.15) is 0 Å². The van der Waals surface area contributed by atoms with E-state index in [-0.39, 0.29) is 16.9 Å². The van der Waals surface area contributed by atoms with E-state index in [0.29, 0.717) is 5.56 Å². The second-order valence-electron chi connectivity index (χ2n) is 7.30. The summed E-state index contributed by atoms with van der Waals surface area (Å²) in [5.74, 6) is -1.30. The van der Waals surface area contributed by atoms with Crippen LogP contribution < -0.4 is 9.80 Å². The van der Waals surface area contributed by atoms with Crippen molar-refractivity contribution in [3.8, 4) is 0 Å². The number of rotatable bonds is 5. The molecule has 27 heavy (non-hydrogen) atoms. The quantitative estimate of drug-likeness (QED) is 0.818. The van der Waals surface area contributed by atoms with Crippen LogP contribution in [0.3, 0.4) is 0 Å². The lowest BCUT2D eigenvalue weighted by Gasteiger charge is -2.19. The molecular formula is C22H24N2O3. The summed E-state index contributed by atoms with van der Waals surface area (Å²) in [6.07, 6.45) is 4.64. The molecule has 4 rings (SSSR count). The van der Waals surface area contributed by atoms with Crippen LogP contribution in [0.1, 0.15) is 52.0 Å². The van der Waals surface area contributed by atoms with Crippen molar-refractivity contribution in [3.05, 3.63) is 59.2 Å². The van der Waals surface area contributed by atoms with Gasteiger partial charge in [0, 0.05) is 48.7 Å². The van der Waals surface area contributed by atoms with Crippen molar-refractivity contribution >= 4 is 23.1 Å². The predicted molar refractivity (Wildman–Crippen MR) is 106 cm³/mol. The van der Waals surface area contributed by atoms with Crippen LogP contribution in [0, 0.1) is 0 Å². The lowest BCUT2D eigenvalue weighted by Crippen LogP contribution is -2.19.